The fraction of sp³-hybridized carbons (Fsp3) is 0.522. The number of thiophene rings is 1. The molecule has 1 aliphatic heterocycles. The Bertz CT molecular complexity index is 811. The van der Waals surface area contributed by atoms with Crippen molar-refractivity contribution in [3.8, 4) is 5.75 Å². The van der Waals surface area contributed by atoms with Gasteiger partial charge in [0.2, 0.25) is 0 Å². The van der Waals surface area contributed by atoms with Gasteiger partial charge in [0.05, 0.1) is 26.3 Å². The molecular formula is C23H35IN4O3S. The van der Waals surface area contributed by atoms with Gasteiger partial charge in [-0.05, 0) is 43.0 Å². The fourth-order valence-corrected chi connectivity index (χ4v) is 4.08. The Morgan fingerprint density at radius 1 is 1.25 bits per heavy atom. The molecule has 7 nitrogen and oxygen atoms in total. The van der Waals surface area contributed by atoms with Crippen molar-refractivity contribution in [2.75, 3.05) is 52.5 Å². The standard InChI is InChI=1S/C23H34N4O3S.HI/c1-3-24-22(26-18-23(2,28)21-8-5-15-31-21)25-17-19-6-4-7-20(16-19)30-14-11-27-9-12-29-13-10-27;/h4-8,15-16,28H,3,9-14,17-18H2,1-2H3,(H2,24,25,26);1H. The van der Waals surface area contributed by atoms with Crippen LogP contribution in [0, 0.1) is 0 Å². The number of nitrogens with zero attached hydrogens (tertiary/aromatic N) is 2. The molecule has 3 N–H and O–H groups in total. The number of aliphatic hydroxyl groups is 1. The zero-order chi connectivity index (χ0) is 21.9. The van der Waals surface area contributed by atoms with E-state index in [-0.39, 0.29) is 24.0 Å². The molecular weight excluding hydrogens is 539 g/mol. The number of hydrogen-bond acceptors (Lipinski definition) is 6. The van der Waals surface area contributed by atoms with E-state index < -0.39 is 5.60 Å². The number of ether oxygens (including phenoxy) is 2. The summed E-state index contributed by atoms with van der Waals surface area (Å²) >= 11 is 1.55. The van der Waals surface area contributed by atoms with Gasteiger partial charge in [0.15, 0.2) is 5.96 Å². The largest absolute Gasteiger partial charge is 0.492 e. The van der Waals surface area contributed by atoms with Crippen LogP contribution in [-0.2, 0) is 16.9 Å². The van der Waals surface area contributed by atoms with Crippen LogP contribution in [0.4, 0.5) is 0 Å². The van der Waals surface area contributed by atoms with E-state index in [9.17, 15) is 5.11 Å². The van der Waals surface area contributed by atoms with Crippen LogP contribution in [0.15, 0.2) is 46.8 Å². The van der Waals surface area contributed by atoms with Gasteiger partial charge < -0.3 is 25.2 Å². The van der Waals surface area contributed by atoms with E-state index in [1.54, 1.807) is 11.3 Å². The average Bonchev–Trinajstić information content (AvgIpc) is 3.33. The molecule has 0 spiro atoms. The van der Waals surface area contributed by atoms with Crippen molar-refractivity contribution in [3.63, 3.8) is 0 Å². The number of hydrogen-bond donors (Lipinski definition) is 3. The SMILES string of the molecule is CCNC(=NCc1cccc(OCCN2CCOCC2)c1)NCC(C)(O)c1cccs1.I. The maximum Gasteiger partial charge on any atom is 0.191 e. The van der Waals surface area contributed by atoms with E-state index in [1.807, 2.05) is 55.6 Å². The predicted molar refractivity (Wildman–Crippen MR) is 141 cm³/mol. The lowest BCUT2D eigenvalue weighted by Crippen LogP contribution is -2.44. The lowest BCUT2D eigenvalue weighted by atomic mass is 10.1. The molecule has 2 aromatic rings. The molecule has 3 rings (SSSR count). The highest BCUT2D eigenvalue weighted by molar-refractivity contribution is 14.0. The third kappa shape index (κ3) is 8.86. The number of benzene rings is 1. The van der Waals surface area contributed by atoms with E-state index in [1.165, 1.54) is 0 Å². The Hall–Kier alpha value is -1.40. The van der Waals surface area contributed by atoms with Crippen molar-refractivity contribution < 1.29 is 14.6 Å². The van der Waals surface area contributed by atoms with Gasteiger partial charge in [0.1, 0.15) is 18.0 Å². The molecule has 32 heavy (non-hydrogen) atoms. The van der Waals surface area contributed by atoms with Gasteiger partial charge >= 0.3 is 0 Å². The van der Waals surface area contributed by atoms with Crippen LogP contribution in [-0.4, -0.2) is 68.5 Å². The molecule has 0 radical (unpaired) electrons. The third-order valence-electron chi connectivity index (χ3n) is 5.09. The summed E-state index contributed by atoms with van der Waals surface area (Å²) in [5.41, 5.74) is 0.129. The highest BCUT2D eigenvalue weighted by Gasteiger charge is 2.24. The molecule has 1 unspecified atom stereocenters. The molecule has 1 saturated heterocycles. The van der Waals surface area contributed by atoms with Gasteiger partial charge in [-0.3, -0.25) is 4.90 Å². The van der Waals surface area contributed by atoms with Crippen LogP contribution < -0.4 is 15.4 Å². The van der Waals surface area contributed by atoms with Crippen molar-refractivity contribution >= 4 is 41.3 Å². The Morgan fingerprint density at radius 2 is 2.06 bits per heavy atom. The van der Waals surface area contributed by atoms with Crippen LogP contribution in [0.3, 0.4) is 0 Å². The third-order valence-corrected chi connectivity index (χ3v) is 6.22. The maximum absolute atomic E-state index is 10.7. The minimum atomic E-state index is -0.946. The fourth-order valence-electron chi connectivity index (χ4n) is 3.29. The number of rotatable bonds is 10. The minimum absolute atomic E-state index is 0. The normalized spacial score (nSPS) is 16.7. The van der Waals surface area contributed by atoms with E-state index in [0.717, 1.165) is 55.6 Å². The molecule has 1 aliphatic rings. The maximum atomic E-state index is 10.7. The van der Waals surface area contributed by atoms with Gasteiger partial charge in [-0.1, -0.05) is 18.2 Å². The Balaban J connectivity index is 0.00000363. The molecule has 0 amide bonds. The highest BCUT2D eigenvalue weighted by Crippen LogP contribution is 2.24. The van der Waals surface area contributed by atoms with Crippen LogP contribution in [0.5, 0.6) is 5.75 Å². The van der Waals surface area contributed by atoms with Crippen LogP contribution in [0.1, 0.15) is 24.3 Å². The summed E-state index contributed by atoms with van der Waals surface area (Å²) in [6, 6.07) is 12.0. The summed E-state index contributed by atoms with van der Waals surface area (Å²) in [7, 11) is 0. The summed E-state index contributed by atoms with van der Waals surface area (Å²) in [6.07, 6.45) is 0. The number of halogens is 1. The van der Waals surface area contributed by atoms with Gasteiger partial charge in [0.25, 0.3) is 0 Å². The molecule has 1 fully saturated rings. The van der Waals surface area contributed by atoms with Crippen LogP contribution in [0.2, 0.25) is 0 Å². The summed E-state index contributed by atoms with van der Waals surface area (Å²) in [4.78, 5) is 7.96. The first-order valence-electron chi connectivity index (χ1n) is 10.9. The second-order valence-electron chi connectivity index (χ2n) is 7.75. The van der Waals surface area contributed by atoms with E-state index >= 15 is 0 Å². The number of guanidine groups is 1. The summed E-state index contributed by atoms with van der Waals surface area (Å²) in [6.45, 7) is 10.6. The molecule has 0 aliphatic carbocycles. The number of morpholine rings is 1. The molecule has 1 atom stereocenters. The Morgan fingerprint density at radius 3 is 2.78 bits per heavy atom. The molecule has 9 heteroatoms. The zero-order valence-corrected chi connectivity index (χ0v) is 22.0. The Kier molecular flexibility index (Phi) is 11.7. The van der Waals surface area contributed by atoms with Crippen molar-refractivity contribution in [1.29, 1.82) is 0 Å². The predicted octanol–water partition coefficient (Wildman–Crippen LogP) is 3.04. The molecule has 178 valence electrons. The van der Waals surface area contributed by atoms with E-state index in [2.05, 4.69) is 20.5 Å². The van der Waals surface area contributed by atoms with Crippen molar-refractivity contribution in [2.24, 2.45) is 4.99 Å². The first-order valence-corrected chi connectivity index (χ1v) is 11.7. The molecule has 2 heterocycles. The molecule has 1 aromatic heterocycles. The zero-order valence-electron chi connectivity index (χ0n) is 18.9. The summed E-state index contributed by atoms with van der Waals surface area (Å²) < 4.78 is 11.3. The first kappa shape index (κ1) is 26.8. The quantitative estimate of drug-likeness (QED) is 0.230. The number of aliphatic imine (C=N–C) groups is 1. The first-order chi connectivity index (χ1) is 15.1. The summed E-state index contributed by atoms with van der Waals surface area (Å²) in [5, 5.41) is 19.2. The smallest absolute Gasteiger partial charge is 0.191 e. The lowest BCUT2D eigenvalue weighted by molar-refractivity contribution is 0.0322. The van der Waals surface area contributed by atoms with Crippen molar-refractivity contribution in [3.05, 3.63) is 52.2 Å². The molecule has 0 bridgehead atoms. The second-order valence-corrected chi connectivity index (χ2v) is 8.70. The van der Waals surface area contributed by atoms with E-state index in [4.69, 9.17) is 9.47 Å². The van der Waals surface area contributed by atoms with Crippen molar-refractivity contribution in [1.82, 2.24) is 15.5 Å². The van der Waals surface area contributed by atoms with Gasteiger partial charge in [-0.15, -0.1) is 35.3 Å². The van der Waals surface area contributed by atoms with Gasteiger partial charge in [-0.25, -0.2) is 4.99 Å². The van der Waals surface area contributed by atoms with Gasteiger partial charge in [0, 0.05) is 31.1 Å². The van der Waals surface area contributed by atoms with Crippen LogP contribution in [0.25, 0.3) is 0 Å². The number of nitrogens with one attached hydrogen (secondary N) is 2. The molecule has 1 aromatic carbocycles. The van der Waals surface area contributed by atoms with Crippen molar-refractivity contribution in [2.45, 2.75) is 26.0 Å². The highest BCUT2D eigenvalue weighted by atomic mass is 127. The Labute approximate surface area is 212 Å². The lowest BCUT2D eigenvalue weighted by Gasteiger charge is -2.26. The van der Waals surface area contributed by atoms with E-state index in [0.29, 0.717) is 25.7 Å². The molecule has 0 saturated carbocycles. The van der Waals surface area contributed by atoms with Gasteiger partial charge in [-0.2, -0.15) is 0 Å². The van der Waals surface area contributed by atoms with Crippen LogP contribution >= 0.6 is 35.3 Å². The average molecular weight is 575 g/mol. The monoisotopic (exact) mass is 574 g/mol. The second kappa shape index (κ2) is 14.0. The minimum Gasteiger partial charge on any atom is -0.492 e. The summed E-state index contributed by atoms with van der Waals surface area (Å²) in [5.74, 6) is 1.54. The topological polar surface area (TPSA) is 78.4 Å².